The van der Waals surface area contributed by atoms with Crippen LogP contribution in [0.3, 0.4) is 0 Å². The molecule has 0 aromatic heterocycles. The van der Waals surface area contributed by atoms with Gasteiger partial charge in [-0.2, -0.15) is 0 Å². The van der Waals surface area contributed by atoms with E-state index < -0.39 is 12.1 Å². The monoisotopic (exact) mass is 278 g/mol. The molecule has 0 spiro atoms. The molecule has 1 amide bonds. The number of esters is 1. The topological polar surface area (TPSA) is 72.6 Å². The summed E-state index contributed by atoms with van der Waals surface area (Å²) in [5.41, 5.74) is 7.03. The van der Waals surface area contributed by atoms with E-state index in [-0.39, 0.29) is 12.3 Å². The maximum Gasteiger partial charge on any atom is 0.311 e. The van der Waals surface area contributed by atoms with Gasteiger partial charge in [0.25, 0.3) is 5.91 Å². The van der Waals surface area contributed by atoms with Gasteiger partial charge in [-0.15, -0.1) is 0 Å². The quantitative estimate of drug-likeness (QED) is 0.634. The molecule has 1 unspecified atom stereocenters. The Morgan fingerprint density at radius 2 is 1.75 bits per heavy atom. The summed E-state index contributed by atoms with van der Waals surface area (Å²) in [5.74, 6) is -0.580. The average molecular weight is 278 g/mol. The molecule has 0 aliphatic rings. The predicted octanol–water partition coefficient (Wildman–Crippen LogP) is 1.61. The highest BCUT2D eigenvalue weighted by atomic mass is 16.5. The highest BCUT2D eigenvalue weighted by molar-refractivity contribution is 5.84. The number of anilines is 1. The largest absolute Gasteiger partial charge is 0.452 e. The highest BCUT2D eigenvalue weighted by Crippen LogP contribution is 2.08. The highest BCUT2D eigenvalue weighted by Gasteiger charge is 2.21. The van der Waals surface area contributed by atoms with Gasteiger partial charge < -0.3 is 15.4 Å². The molecule has 5 nitrogen and oxygen atoms in total. The van der Waals surface area contributed by atoms with Crippen LogP contribution in [-0.4, -0.2) is 36.0 Å². The van der Waals surface area contributed by atoms with Gasteiger partial charge in [-0.25, -0.2) is 0 Å². The number of amides is 1. The molecule has 0 radical (unpaired) electrons. The minimum atomic E-state index is -0.754. The van der Waals surface area contributed by atoms with Crippen LogP contribution in [0, 0.1) is 0 Å². The number of hydrogen-bond acceptors (Lipinski definition) is 4. The maximum atomic E-state index is 12.0. The second-order valence-electron chi connectivity index (χ2n) is 4.56. The van der Waals surface area contributed by atoms with E-state index in [0.29, 0.717) is 18.8 Å². The molecule has 0 aliphatic carbocycles. The van der Waals surface area contributed by atoms with Crippen LogP contribution in [0.15, 0.2) is 24.3 Å². The summed E-state index contributed by atoms with van der Waals surface area (Å²) >= 11 is 0. The van der Waals surface area contributed by atoms with E-state index in [2.05, 4.69) is 0 Å². The van der Waals surface area contributed by atoms with Gasteiger partial charge in [-0.1, -0.05) is 12.1 Å². The van der Waals surface area contributed by atoms with Crippen LogP contribution in [0.1, 0.15) is 26.3 Å². The van der Waals surface area contributed by atoms with Crippen LogP contribution in [0.25, 0.3) is 0 Å². The summed E-state index contributed by atoms with van der Waals surface area (Å²) < 4.78 is 5.17. The molecule has 0 aliphatic heterocycles. The first-order chi connectivity index (χ1) is 9.47. The molecule has 1 atom stereocenters. The number of likely N-dealkylation sites (N-methyl/N-ethyl adjacent to an activating group) is 1. The molecule has 0 heterocycles. The van der Waals surface area contributed by atoms with Gasteiger partial charge >= 0.3 is 5.97 Å². The Morgan fingerprint density at radius 3 is 2.25 bits per heavy atom. The number of carbonyl (C=O) groups excluding carboxylic acids is 2. The molecule has 2 N–H and O–H groups in total. The van der Waals surface area contributed by atoms with Gasteiger partial charge in [0.15, 0.2) is 6.10 Å². The summed E-state index contributed by atoms with van der Waals surface area (Å²) in [6.45, 7) is 6.60. The van der Waals surface area contributed by atoms with E-state index in [1.807, 2.05) is 13.8 Å². The third-order valence-electron chi connectivity index (χ3n) is 3.06. The Labute approximate surface area is 119 Å². The lowest BCUT2D eigenvalue weighted by Gasteiger charge is -2.22. The Hall–Kier alpha value is -2.04. The predicted molar refractivity (Wildman–Crippen MR) is 78.0 cm³/mol. The van der Waals surface area contributed by atoms with Crippen molar-refractivity contribution in [2.45, 2.75) is 33.3 Å². The Bertz CT molecular complexity index is 453. The smallest absolute Gasteiger partial charge is 0.311 e. The summed E-state index contributed by atoms with van der Waals surface area (Å²) in [7, 11) is 0. The maximum absolute atomic E-state index is 12.0. The lowest BCUT2D eigenvalue weighted by Crippen LogP contribution is -2.39. The van der Waals surface area contributed by atoms with Crippen molar-refractivity contribution in [3.63, 3.8) is 0 Å². The fraction of sp³-hybridized carbons (Fsp3) is 0.467. The fourth-order valence-corrected chi connectivity index (χ4v) is 1.88. The number of nitrogens with two attached hydrogens (primary N) is 1. The molecule has 110 valence electrons. The second-order valence-corrected chi connectivity index (χ2v) is 4.56. The lowest BCUT2D eigenvalue weighted by molar-refractivity contribution is -0.158. The van der Waals surface area contributed by atoms with Crippen molar-refractivity contribution >= 4 is 17.6 Å². The van der Waals surface area contributed by atoms with Crippen LogP contribution in [0.4, 0.5) is 5.69 Å². The van der Waals surface area contributed by atoms with Crippen molar-refractivity contribution in [1.82, 2.24) is 4.90 Å². The molecule has 20 heavy (non-hydrogen) atoms. The van der Waals surface area contributed by atoms with E-state index in [4.69, 9.17) is 10.5 Å². The van der Waals surface area contributed by atoms with Crippen molar-refractivity contribution in [2.75, 3.05) is 18.8 Å². The van der Waals surface area contributed by atoms with Gasteiger partial charge in [0.1, 0.15) is 0 Å². The summed E-state index contributed by atoms with van der Waals surface area (Å²) in [5, 5.41) is 0. The first-order valence-electron chi connectivity index (χ1n) is 6.80. The zero-order valence-electron chi connectivity index (χ0n) is 12.3. The van der Waals surface area contributed by atoms with Gasteiger partial charge in [0, 0.05) is 18.8 Å². The van der Waals surface area contributed by atoms with Crippen molar-refractivity contribution in [2.24, 2.45) is 0 Å². The number of benzene rings is 1. The standard InChI is InChI=1S/C15H22N2O3/c1-4-17(5-2)15(19)11(3)20-14(18)10-12-6-8-13(16)9-7-12/h6-9,11H,4-5,10,16H2,1-3H3. The summed E-state index contributed by atoms with van der Waals surface area (Å²) in [6.07, 6.45) is -0.618. The van der Waals surface area contributed by atoms with Crippen LogP contribution in [0.2, 0.25) is 0 Å². The number of carbonyl (C=O) groups is 2. The molecular formula is C15H22N2O3. The van der Waals surface area contributed by atoms with Gasteiger partial charge in [-0.3, -0.25) is 9.59 Å². The molecule has 0 saturated heterocycles. The number of ether oxygens (including phenoxy) is 1. The Morgan fingerprint density at radius 1 is 1.20 bits per heavy atom. The molecule has 5 heteroatoms. The third-order valence-corrected chi connectivity index (χ3v) is 3.06. The summed E-state index contributed by atoms with van der Waals surface area (Å²) in [6, 6.07) is 7.00. The lowest BCUT2D eigenvalue weighted by atomic mass is 10.1. The average Bonchev–Trinajstić information content (AvgIpc) is 2.42. The second kappa shape index (κ2) is 7.53. The Kier molecular flexibility index (Phi) is 6.03. The molecule has 0 saturated carbocycles. The third kappa shape index (κ3) is 4.57. The molecule has 1 aromatic rings. The minimum absolute atomic E-state index is 0.135. The van der Waals surface area contributed by atoms with Crippen LogP contribution in [-0.2, 0) is 20.7 Å². The van der Waals surface area contributed by atoms with Gasteiger partial charge in [-0.05, 0) is 38.5 Å². The summed E-state index contributed by atoms with van der Waals surface area (Å²) in [4.78, 5) is 25.4. The van der Waals surface area contributed by atoms with Crippen molar-refractivity contribution < 1.29 is 14.3 Å². The molecule has 1 aromatic carbocycles. The zero-order chi connectivity index (χ0) is 15.1. The number of hydrogen-bond donors (Lipinski definition) is 1. The number of rotatable bonds is 6. The zero-order valence-corrected chi connectivity index (χ0v) is 12.3. The molecule has 0 bridgehead atoms. The van der Waals surface area contributed by atoms with Crippen LogP contribution >= 0.6 is 0 Å². The number of nitrogen functional groups attached to an aromatic ring is 1. The minimum Gasteiger partial charge on any atom is -0.452 e. The SMILES string of the molecule is CCN(CC)C(=O)C(C)OC(=O)Cc1ccc(N)cc1. The van der Waals surface area contributed by atoms with Crippen molar-refractivity contribution in [1.29, 1.82) is 0 Å². The van der Waals surface area contributed by atoms with E-state index in [1.54, 1.807) is 36.1 Å². The Balaban J connectivity index is 2.53. The van der Waals surface area contributed by atoms with Gasteiger partial charge in [0.05, 0.1) is 6.42 Å². The molecule has 0 fully saturated rings. The van der Waals surface area contributed by atoms with E-state index in [1.165, 1.54) is 0 Å². The van der Waals surface area contributed by atoms with Crippen LogP contribution < -0.4 is 5.73 Å². The van der Waals surface area contributed by atoms with E-state index in [0.717, 1.165) is 5.56 Å². The molecular weight excluding hydrogens is 256 g/mol. The first kappa shape index (κ1) is 16.0. The fourth-order valence-electron chi connectivity index (χ4n) is 1.88. The normalized spacial score (nSPS) is 11.8. The van der Waals surface area contributed by atoms with Gasteiger partial charge in [0.2, 0.25) is 0 Å². The van der Waals surface area contributed by atoms with Crippen molar-refractivity contribution in [3.8, 4) is 0 Å². The number of nitrogens with zero attached hydrogens (tertiary/aromatic N) is 1. The van der Waals surface area contributed by atoms with E-state index >= 15 is 0 Å². The molecule has 1 rings (SSSR count). The van der Waals surface area contributed by atoms with E-state index in [9.17, 15) is 9.59 Å². The van der Waals surface area contributed by atoms with Crippen molar-refractivity contribution in [3.05, 3.63) is 29.8 Å². The van der Waals surface area contributed by atoms with Crippen LogP contribution in [0.5, 0.6) is 0 Å². The first-order valence-corrected chi connectivity index (χ1v) is 6.80.